The minimum atomic E-state index is -1.31. The molecule has 7 heteroatoms. The Morgan fingerprint density at radius 2 is 0.880 bits per heavy atom. The van der Waals surface area contributed by atoms with Gasteiger partial charge >= 0.3 is 0 Å². The monoisotopic (exact) mass is 668 g/mol. The molecular formula is C43H40O7. The summed E-state index contributed by atoms with van der Waals surface area (Å²) in [6, 6.07) is 47.3. The summed E-state index contributed by atoms with van der Waals surface area (Å²) in [7, 11) is 0. The summed E-state index contributed by atoms with van der Waals surface area (Å²) in [6.45, 7) is 1.17. The van der Waals surface area contributed by atoms with Gasteiger partial charge in [-0.2, -0.15) is 0 Å². The van der Waals surface area contributed by atoms with Crippen molar-refractivity contribution in [3.8, 4) is 28.7 Å². The molecule has 6 rings (SSSR count). The standard InChI is InChI=1S/C43H40O7/c44-38-24-36(47-27-31-13-5-1-6-14-31)25-41(49-29-33-17-9-3-10-18-33)37(38)26-39(45)43(46)35-21-22-40(48-28-32-15-7-2-8-16-32)42(23-35)50-30-34-19-11-4-12-20-34/h1-25,39,43-46H,26-30H2/t39-,43-/m1/s1. The van der Waals surface area contributed by atoms with Gasteiger partial charge in [0.05, 0.1) is 6.10 Å². The summed E-state index contributed by atoms with van der Waals surface area (Å²) < 4.78 is 24.5. The van der Waals surface area contributed by atoms with E-state index in [9.17, 15) is 15.3 Å². The van der Waals surface area contributed by atoms with Gasteiger partial charge in [0.25, 0.3) is 0 Å². The molecule has 50 heavy (non-hydrogen) atoms. The van der Waals surface area contributed by atoms with Gasteiger partial charge in [0.2, 0.25) is 0 Å². The highest BCUT2D eigenvalue weighted by molar-refractivity contribution is 5.51. The number of aromatic hydroxyl groups is 1. The number of aliphatic hydroxyl groups is 2. The topological polar surface area (TPSA) is 97.6 Å². The van der Waals surface area contributed by atoms with Crippen molar-refractivity contribution >= 4 is 0 Å². The van der Waals surface area contributed by atoms with Gasteiger partial charge < -0.3 is 34.3 Å². The quantitative estimate of drug-likeness (QED) is 0.0954. The van der Waals surface area contributed by atoms with Crippen LogP contribution in [0.25, 0.3) is 0 Å². The van der Waals surface area contributed by atoms with Crippen LogP contribution in [0.1, 0.15) is 39.5 Å². The van der Waals surface area contributed by atoms with E-state index in [-0.39, 0.29) is 18.8 Å². The van der Waals surface area contributed by atoms with Crippen molar-refractivity contribution < 1.29 is 34.3 Å². The molecular weight excluding hydrogens is 628 g/mol. The summed E-state index contributed by atoms with van der Waals surface area (Å²) in [6.07, 6.45) is -2.70. The molecule has 0 radical (unpaired) electrons. The summed E-state index contributed by atoms with van der Waals surface area (Å²) in [5, 5.41) is 34.0. The van der Waals surface area contributed by atoms with Crippen LogP contribution in [0.5, 0.6) is 28.7 Å². The average molecular weight is 669 g/mol. The number of ether oxygens (including phenoxy) is 4. The number of hydrogen-bond donors (Lipinski definition) is 3. The Kier molecular flexibility index (Phi) is 11.6. The molecule has 254 valence electrons. The molecule has 0 fully saturated rings. The highest BCUT2D eigenvalue weighted by atomic mass is 16.5. The molecule has 7 nitrogen and oxygen atoms in total. The molecule has 0 aliphatic carbocycles. The van der Waals surface area contributed by atoms with Gasteiger partial charge in [0.15, 0.2) is 11.5 Å². The lowest BCUT2D eigenvalue weighted by molar-refractivity contribution is 0.0180. The Labute approximate surface area is 292 Å². The van der Waals surface area contributed by atoms with Gasteiger partial charge in [-0.15, -0.1) is 0 Å². The highest BCUT2D eigenvalue weighted by Gasteiger charge is 2.25. The predicted octanol–water partition coefficient (Wildman–Crippen LogP) is 8.35. The van der Waals surface area contributed by atoms with Crippen LogP contribution >= 0.6 is 0 Å². The fourth-order valence-electron chi connectivity index (χ4n) is 5.45. The lowest BCUT2D eigenvalue weighted by atomic mass is 9.97. The third-order valence-corrected chi connectivity index (χ3v) is 8.21. The van der Waals surface area contributed by atoms with Crippen molar-refractivity contribution in [3.05, 3.63) is 185 Å². The summed E-state index contributed by atoms with van der Waals surface area (Å²) in [5.41, 5.74) is 4.67. The number of hydrogen-bond acceptors (Lipinski definition) is 7. The van der Waals surface area contributed by atoms with Crippen molar-refractivity contribution in [2.24, 2.45) is 0 Å². The first-order chi connectivity index (χ1) is 24.5. The van der Waals surface area contributed by atoms with Crippen LogP contribution in [0.3, 0.4) is 0 Å². The zero-order valence-corrected chi connectivity index (χ0v) is 27.6. The Morgan fingerprint density at radius 3 is 1.38 bits per heavy atom. The molecule has 0 heterocycles. The third-order valence-electron chi connectivity index (χ3n) is 8.21. The Balaban J connectivity index is 1.22. The summed E-state index contributed by atoms with van der Waals surface area (Å²) in [5.74, 6) is 1.60. The zero-order chi connectivity index (χ0) is 34.5. The van der Waals surface area contributed by atoms with Gasteiger partial charge in [-0.1, -0.05) is 127 Å². The van der Waals surface area contributed by atoms with Crippen molar-refractivity contribution in [1.29, 1.82) is 0 Å². The molecule has 3 N–H and O–H groups in total. The minimum absolute atomic E-state index is 0.0947. The van der Waals surface area contributed by atoms with Gasteiger partial charge in [-0.05, 0) is 39.9 Å². The second-order valence-corrected chi connectivity index (χ2v) is 11.9. The first kappa shape index (κ1) is 34.1. The molecule has 0 aromatic heterocycles. The summed E-state index contributed by atoms with van der Waals surface area (Å²) in [4.78, 5) is 0. The van der Waals surface area contributed by atoms with Crippen molar-refractivity contribution in [2.75, 3.05) is 0 Å². The van der Waals surface area contributed by atoms with E-state index in [4.69, 9.17) is 18.9 Å². The largest absolute Gasteiger partial charge is 0.507 e. The smallest absolute Gasteiger partial charge is 0.162 e. The van der Waals surface area contributed by atoms with Gasteiger partial charge in [-0.3, -0.25) is 0 Å². The van der Waals surface area contributed by atoms with Crippen LogP contribution in [-0.4, -0.2) is 21.4 Å². The van der Waals surface area contributed by atoms with Gasteiger partial charge in [0, 0.05) is 24.1 Å². The fourth-order valence-corrected chi connectivity index (χ4v) is 5.45. The first-order valence-corrected chi connectivity index (χ1v) is 16.5. The van der Waals surface area contributed by atoms with E-state index in [0.717, 1.165) is 22.3 Å². The van der Waals surface area contributed by atoms with Crippen molar-refractivity contribution in [3.63, 3.8) is 0 Å². The lowest BCUT2D eigenvalue weighted by Gasteiger charge is -2.22. The number of rotatable bonds is 16. The van der Waals surface area contributed by atoms with E-state index in [1.807, 2.05) is 121 Å². The number of benzene rings is 6. The summed E-state index contributed by atoms with van der Waals surface area (Å²) >= 11 is 0. The maximum absolute atomic E-state index is 11.4. The Bertz CT molecular complexity index is 1920. The molecule has 0 aliphatic rings. The second-order valence-electron chi connectivity index (χ2n) is 11.9. The third kappa shape index (κ3) is 9.44. The van der Waals surface area contributed by atoms with E-state index < -0.39 is 12.2 Å². The van der Waals surface area contributed by atoms with Crippen LogP contribution in [0.2, 0.25) is 0 Å². The molecule has 0 aliphatic heterocycles. The SMILES string of the molecule is Oc1cc(OCc2ccccc2)cc(OCc2ccccc2)c1C[C@@H](O)[C@H](O)c1ccc(OCc2ccccc2)c(OCc2ccccc2)c1. The highest BCUT2D eigenvalue weighted by Crippen LogP contribution is 2.38. The van der Waals surface area contributed by atoms with Crippen LogP contribution in [0.4, 0.5) is 0 Å². The molecule has 6 aromatic rings. The fraction of sp³-hybridized carbons (Fsp3) is 0.163. The Morgan fingerprint density at radius 1 is 0.440 bits per heavy atom. The van der Waals surface area contributed by atoms with Crippen molar-refractivity contribution in [1.82, 2.24) is 0 Å². The Hall–Kier alpha value is -5.76. The second kappa shape index (κ2) is 17.1. The van der Waals surface area contributed by atoms with Crippen LogP contribution in [0, 0.1) is 0 Å². The normalized spacial score (nSPS) is 12.1. The lowest BCUT2D eigenvalue weighted by Crippen LogP contribution is -2.21. The van der Waals surface area contributed by atoms with E-state index in [2.05, 4.69) is 0 Å². The van der Waals surface area contributed by atoms with Gasteiger partial charge in [-0.25, -0.2) is 0 Å². The van der Waals surface area contributed by atoms with Crippen LogP contribution in [-0.2, 0) is 32.8 Å². The van der Waals surface area contributed by atoms with Crippen LogP contribution in [0.15, 0.2) is 152 Å². The van der Waals surface area contributed by atoms with Crippen molar-refractivity contribution in [2.45, 2.75) is 45.1 Å². The number of aliphatic hydroxyl groups excluding tert-OH is 2. The molecule has 0 saturated carbocycles. The van der Waals surface area contributed by atoms with E-state index >= 15 is 0 Å². The minimum Gasteiger partial charge on any atom is -0.507 e. The number of phenolic OH excluding ortho intramolecular Hbond substituents is 1. The molecule has 0 bridgehead atoms. The molecule has 0 saturated heterocycles. The molecule has 0 spiro atoms. The van der Waals surface area contributed by atoms with Gasteiger partial charge in [0.1, 0.15) is 49.8 Å². The molecule has 0 amide bonds. The predicted molar refractivity (Wildman–Crippen MR) is 192 cm³/mol. The molecule has 0 unspecified atom stereocenters. The first-order valence-electron chi connectivity index (χ1n) is 16.5. The average Bonchev–Trinajstić information content (AvgIpc) is 3.17. The maximum atomic E-state index is 11.4. The number of phenols is 1. The van der Waals surface area contributed by atoms with E-state index in [1.54, 1.807) is 24.3 Å². The molecule has 2 atom stereocenters. The zero-order valence-electron chi connectivity index (χ0n) is 27.6. The molecule has 6 aromatic carbocycles. The van der Waals surface area contributed by atoms with E-state index in [0.29, 0.717) is 53.9 Å². The van der Waals surface area contributed by atoms with Crippen LogP contribution < -0.4 is 18.9 Å². The van der Waals surface area contributed by atoms with E-state index in [1.165, 1.54) is 6.07 Å². The maximum Gasteiger partial charge on any atom is 0.162 e.